The van der Waals surface area contributed by atoms with Gasteiger partial charge in [0.1, 0.15) is 22.2 Å². The summed E-state index contributed by atoms with van der Waals surface area (Å²) in [7, 11) is 0.466. The highest BCUT2D eigenvalue weighted by atomic mass is 32.2. The first-order valence-electron chi connectivity index (χ1n) is 15.7. The zero-order valence-electron chi connectivity index (χ0n) is 26.6. The van der Waals surface area contributed by atoms with E-state index in [-0.39, 0.29) is 27.8 Å². The number of sulfonamides is 1. The number of ether oxygens (including phenoxy) is 2. The summed E-state index contributed by atoms with van der Waals surface area (Å²) in [6.45, 7) is 2.65. The van der Waals surface area contributed by atoms with E-state index in [2.05, 4.69) is 12.2 Å². The molecule has 0 saturated heterocycles. The number of hydrogen-bond acceptors (Lipinski definition) is 6. The summed E-state index contributed by atoms with van der Waals surface area (Å²) in [5.74, 6) is -0.564. The molecule has 0 radical (unpaired) electrons. The molecule has 1 amide bonds. The van der Waals surface area contributed by atoms with Crippen LogP contribution in [0.1, 0.15) is 102 Å². The Morgan fingerprint density at radius 2 is 1.33 bits per heavy atom. The molecule has 0 unspecified atom stereocenters. The lowest BCUT2D eigenvalue weighted by Crippen LogP contribution is -2.28. The zero-order valence-corrected chi connectivity index (χ0v) is 27.4. The summed E-state index contributed by atoms with van der Waals surface area (Å²) in [6.07, 6.45) is 18.4. The second-order valence-electron chi connectivity index (χ2n) is 11.0. The Morgan fingerprint density at radius 3 is 1.84 bits per heavy atom. The monoisotopic (exact) mass is 616 g/mol. The third-order valence-corrected chi connectivity index (χ3v) is 9.47. The van der Waals surface area contributed by atoms with E-state index in [0.29, 0.717) is 12.1 Å². The number of aliphatic hydroxyl groups is 1. The van der Waals surface area contributed by atoms with Gasteiger partial charge in [0.05, 0.1) is 19.9 Å². The number of carbonyl (C=O) groups is 1. The van der Waals surface area contributed by atoms with Crippen molar-refractivity contribution in [2.75, 3.05) is 33.1 Å². The van der Waals surface area contributed by atoms with E-state index in [0.717, 1.165) is 25.3 Å². The molecule has 0 heterocycles. The van der Waals surface area contributed by atoms with Crippen molar-refractivity contribution < 1.29 is 27.8 Å². The minimum atomic E-state index is -3.87. The first-order valence-corrected chi connectivity index (χ1v) is 17.2. The number of nitrogens with one attached hydrogen (secondary N) is 1. The van der Waals surface area contributed by atoms with Gasteiger partial charge in [-0.15, -0.1) is 0 Å². The van der Waals surface area contributed by atoms with Crippen molar-refractivity contribution in [3.8, 4) is 11.5 Å². The van der Waals surface area contributed by atoms with Crippen LogP contribution in [-0.2, 0) is 14.8 Å². The molecule has 0 aliphatic rings. The summed E-state index contributed by atoms with van der Waals surface area (Å²) in [5, 5.41) is 12.9. The van der Waals surface area contributed by atoms with Crippen LogP contribution in [0.5, 0.6) is 11.5 Å². The molecule has 8 nitrogen and oxygen atoms in total. The van der Waals surface area contributed by atoms with Gasteiger partial charge in [-0.25, -0.2) is 12.7 Å². The number of benzene rings is 2. The van der Waals surface area contributed by atoms with Crippen LogP contribution in [0, 0.1) is 0 Å². The molecule has 0 bridgehead atoms. The van der Waals surface area contributed by atoms with Crippen molar-refractivity contribution in [2.45, 2.75) is 102 Å². The Bertz CT molecular complexity index is 1230. The molecule has 240 valence electrons. The van der Waals surface area contributed by atoms with Gasteiger partial charge < -0.3 is 19.9 Å². The van der Waals surface area contributed by atoms with Crippen molar-refractivity contribution >= 4 is 27.4 Å². The number of methoxy groups -OCH3 is 2. The predicted octanol–water partition coefficient (Wildman–Crippen LogP) is 8.34. The van der Waals surface area contributed by atoms with Gasteiger partial charge in [-0.2, -0.15) is 0 Å². The number of carbonyl (C=O) groups excluding carboxylic acids is 1. The van der Waals surface area contributed by atoms with E-state index < -0.39 is 15.9 Å². The van der Waals surface area contributed by atoms with Crippen LogP contribution < -0.4 is 14.8 Å². The quantitative estimate of drug-likeness (QED) is 0.0783. The molecule has 2 rings (SSSR count). The summed E-state index contributed by atoms with van der Waals surface area (Å²) in [6, 6.07) is 11.4. The van der Waals surface area contributed by atoms with Gasteiger partial charge in [0.2, 0.25) is 10.0 Å². The van der Waals surface area contributed by atoms with Crippen molar-refractivity contribution in [1.82, 2.24) is 4.31 Å². The summed E-state index contributed by atoms with van der Waals surface area (Å²) in [4.78, 5) is 12.6. The van der Waals surface area contributed by atoms with Gasteiger partial charge >= 0.3 is 0 Å². The number of aliphatic hydroxyl groups excluding tert-OH is 1. The van der Waals surface area contributed by atoms with Crippen molar-refractivity contribution in [2.24, 2.45) is 0 Å². The summed E-state index contributed by atoms with van der Waals surface area (Å²) >= 11 is 0. The smallest absolute Gasteiger partial charge is 0.252 e. The molecule has 2 N–H and O–H groups in total. The summed E-state index contributed by atoms with van der Waals surface area (Å²) in [5.41, 5.74) is 0.709. The average molecular weight is 617 g/mol. The van der Waals surface area contributed by atoms with Gasteiger partial charge in [-0.3, -0.25) is 4.79 Å². The first-order chi connectivity index (χ1) is 20.7. The highest BCUT2D eigenvalue weighted by Gasteiger charge is 2.27. The SMILES string of the molecule is CCCCCCCCCCCCCCCCN(C)S(=O)(=O)c1cc(OC)c(NC(=O)C=C(O)c2ccccc2)cc1OC. The Hall–Kier alpha value is -3.04. The molecule has 2 aromatic rings. The number of nitrogens with zero attached hydrogens (tertiary/aromatic N) is 1. The standard InChI is InChI=1S/C34H52N2O6S/c1-5-6-7-8-9-10-11-12-13-14-15-16-17-21-24-36(2)43(39,40)33-27-31(41-3)29(25-32(33)42-4)35-34(38)26-30(37)28-22-19-18-20-23-28/h18-20,22-23,25-27,37H,5-17,21,24H2,1-4H3,(H,35,38). The molecule has 0 spiro atoms. The third-order valence-electron chi connectivity index (χ3n) is 7.60. The largest absolute Gasteiger partial charge is 0.507 e. The molecule has 0 aromatic heterocycles. The Morgan fingerprint density at radius 1 is 0.814 bits per heavy atom. The molecule has 2 aromatic carbocycles. The third kappa shape index (κ3) is 12.6. The van der Waals surface area contributed by atoms with Gasteiger partial charge in [-0.1, -0.05) is 121 Å². The van der Waals surface area contributed by atoms with E-state index in [4.69, 9.17) is 9.47 Å². The van der Waals surface area contributed by atoms with Gasteiger partial charge in [0.25, 0.3) is 5.91 Å². The average Bonchev–Trinajstić information content (AvgIpc) is 3.01. The fraction of sp³-hybridized carbons (Fsp3) is 0.559. The lowest BCUT2D eigenvalue weighted by atomic mass is 10.0. The van der Waals surface area contributed by atoms with Crippen LogP contribution >= 0.6 is 0 Å². The Kier molecular flexibility index (Phi) is 16.8. The maximum Gasteiger partial charge on any atom is 0.252 e. The van der Waals surface area contributed by atoms with Crippen molar-refractivity contribution in [1.29, 1.82) is 0 Å². The Balaban J connectivity index is 1.85. The number of hydrogen-bond donors (Lipinski definition) is 2. The van der Waals surface area contributed by atoms with Crippen LogP contribution in [0.3, 0.4) is 0 Å². The van der Waals surface area contributed by atoms with E-state index >= 15 is 0 Å². The molecule has 0 atom stereocenters. The molecule has 0 aliphatic heterocycles. The predicted molar refractivity (Wildman–Crippen MR) is 175 cm³/mol. The van der Waals surface area contributed by atoms with E-state index in [9.17, 15) is 18.3 Å². The Labute approximate surface area is 259 Å². The molecular formula is C34H52N2O6S. The number of rotatable bonds is 22. The fourth-order valence-corrected chi connectivity index (χ4v) is 6.33. The molecule has 0 aliphatic carbocycles. The van der Waals surface area contributed by atoms with E-state index in [1.54, 1.807) is 37.4 Å². The van der Waals surface area contributed by atoms with Gasteiger partial charge in [0.15, 0.2) is 0 Å². The van der Waals surface area contributed by atoms with Crippen LogP contribution in [0.25, 0.3) is 5.76 Å². The number of amides is 1. The number of anilines is 1. The van der Waals surface area contributed by atoms with Crippen molar-refractivity contribution in [3.05, 3.63) is 54.1 Å². The summed E-state index contributed by atoms with van der Waals surface area (Å²) < 4.78 is 39.0. The van der Waals surface area contributed by atoms with Crippen LogP contribution in [0.2, 0.25) is 0 Å². The topological polar surface area (TPSA) is 105 Å². The molecule has 43 heavy (non-hydrogen) atoms. The van der Waals surface area contributed by atoms with Gasteiger partial charge in [0, 0.05) is 37.4 Å². The lowest BCUT2D eigenvalue weighted by Gasteiger charge is -2.20. The van der Waals surface area contributed by atoms with Crippen LogP contribution in [0.15, 0.2) is 53.4 Å². The molecule has 9 heteroatoms. The maximum absolute atomic E-state index is 13.4. The minimum Gasteiger partial charge on any atom is -0.507 e. The maximum atomic E-state index is 13.4. The normalized spacial score (nSPS) is 12.0. The second kappa shape index (κ2) is 20.0. The molecule has 0 fully saturated rings. The van der Waals surface area contributed by atoms with E-state index in [1.807, 2.05) is 0 Å². The number of unbranched alkanes of at least 4 members (excludes halogenated alkanes) is 13. The molecular weight excluding hydrogens is 564 g/mol. The minimum absolute atomic E-state index is 0.0413. The van der Waals surface area contributed by atoms with E-state index in [1.165, 1.54) is 101 Å². The fourth-order valence-electron chi connectivity index (χ4n) is 4.97. The highest BCUT2D eigenvalue weighted by Crippen LogP contribution is 2.37. The first kappa shape index (κ1) is 36.2. The lowest BCUT2D eigenvalue weighted by molar-refractivity contribution is -0.111. The highest BCUT2D eigenvalue weighted by molar-refractivity contribution is 7.89. The van der Waals surface area contributed by atoms with Crippen molar-refractivity contribution in [3.63, 3.8) is 0 Å². The van der Waals surface area contributed by atoms with Gasteiger partial charge in [-0.05, 0) is 6.42 Å². The second-order valence-corrected chi connectivity index (χ2v) is 13.0. The zero-order chi connectivity index (χ0) is 31.5. The van der Waals surface area contributed by atoms with Crippen LogP contribution in [0.4, 0.5) is 5.69 Å². The molecule has 0 saturated carbocycles. The van der Waals surface area contributed by atoms with Crippen LogP contribution in [-0.4, -0.2) is 51.5 Å².